The molecule has 1 amide bonds. The molecular weight excluding hydrogens is 256 g/mol. The van der Waals surface area contributed by atoms with Gasteiger partial charge in [-0.3, -0.25) is 14.5 Å². The predicted octanol–water partition coefficient (Wildman–Crippen LogP) is 1.47. The van der Waals surface area contributed by atoms with Crippen molar-refractivity contribution in [3.8, 4) is 5.75 Å². The zero-order chi connectivity index (χ0) is 15.0. The lowest BCUT2D eigenvalue weighted by atomic mass is 10.1. The summed E-state index contributed by atoms with van der Waals surface area (Å²) in [6.07, 6.45) is 1.92. The van der Waals surface area contributed by atoms with Crippen LogP contribution in [0.3, 0.4) is 0 Å². The van der Waals surface area contributed by atoms with Crippen molar-refractivity contribution in [3.63, 3.8) is 0 Å². The average molecular weight is 278 g/mol. The highest BCUT2D eigenvalue weighted by atomic mass is 16.5. The van der Waals surface area contributed by atoms with Crippen molar-refractivity contribution in [2.75, 3.05) is 26.7 Å². The Morgan fingerprint density at radius 3 is 2.55 bits per heavy atom. The molecule has 0 aliphatic rings. The Morgan fingerprint density at radius 2 is 1.95 bits per heavy atom. The molecular formula is C15H22N2O3. The first kappa shape index (κ1) is 16.2. The third-order valence-corrected chi connectivity index (χ3v) is 2.98. The van der Waals surface area contributed by atoms with E-state index in [9.17, 15) is 9.59 Å². The zero-order valence-electron chi connectivity index (χ0n) is 12.1. The fraction of sp³-hybridized carbons (Fsp3) is 0.467. The monoisotopic (exact) mass is 278 g/mol. The van der Waals surface area contributed by atoms with Crippen molar-refractivity contribution >= 4 is 11.7 Å². The van der Waals surface area contributed by atoms with Gasteiger partial charge in [-0.25, -0.2) is 0 Å². The van der Waals surface area contributed by atoms with Crippen LogP contribution in [0.1, 0.15) is 30.1 Å². The van der Waals surface area contributed by atoms with Crippen LogP contribution >= 0.6 is 0 Å². The second kappa shape index (κ2) is 8.32. The number of nitrogens with zero attached hydrogens (tertiary/aromatic N) is 1. The molecule has 0 saturated carbocycles. The molecule has 0 saturated heterocycles. The van der Waals surface area contributed by atoms with Crippen molar-refractivity contribution in [1.29, 1.82) is 0 Å². The van der Waals surface area contributed by atoms with Crippen molar-refractivity contribution in [3.05, 3.63) is 29.8 Å². The van der Waals surface area contributed by atoms with Gasteiger partial charge < -0.3 is 10.5 Å². The molecule has 5 heteroatoms. The lowest BCUT2D eigenvalue weighted by molar-refractivity contribution is -0.119. The first-order valence-corrected chi connectivity index (χ1v) is 6.75. The number of nitrogens with two attached hydrogens (primary N) is 1. The first-order chi connectivity index (χ1) is 9.58. The maximum Gasteiger partial charge on any atom is 0.231 e. The number of para-hydroxylation sites is 1. The van der Waals surface area contributed by atoms with Crippen LogP contribution in [-0.4, -0.2) is 43.3 Å². The molecule has 0 aliphatic heterocycles. The van der Waals surface area contributed by atoms with Crippen LogP contribution in [0.4, 0.5) is 0 Å². The summed E-state index contributed by atoms with van der Waals surface area (Å²) in [6, 6.07) is 7.08. The van der Waals surface area contributed by atoms with E-state index in [0.29, 0.717) is 17.9 Å². The number of benzene rings is 1. The highest BCUT2D eigenvalue weighted by molar-refractivity contribution is 6.00. The summed E-state index contributed by atoms with van der Waals surface area (Å²) in [6.45, 7) is 3.01. The van der Waals surface area contributed by atoms with Crippen LogP contribution in [0, 0.1) is 0 Å². The molecule has 1 aromatic carbocycles. The number of unbranched alkanes of at least 4 members (excludes halogenated alkanes) is 1. The van der Waals surface area contributed by atoms with Crippen molar-refractivity contribution in [2.24, 2.45) is 5.73 Å². The third kappa shape index (κ3) is 5.01. The van der Waals surface area contributed by atoms with Crippen LogP contribution in [0.2, 0.25) is 0 Å². The van der Waals surface area contributed by atoms with E-state index in [4.69, 9.17) is 10.5 Å². The van der Waals surface area contributed by atoms with Gasteiger partial charge in [0.2, 0.25) is 5.91 Å². The minimum atomic E-state index is -0.422. The first-order valence-electron chi connectivity index (χ1n) is 6.75. The summed E-state index contributed by atoms with van der Waals surface area (Å²) in [5.41, 5.74) is 5.75. The fourth-order valence-corrected chi connectivity index (χ4v) is 1.98. The third-order valence-electron chi connectivity index (χ3n) is 2.98. The maximum absolute atomic E-state index is 12.3. The quantitative estimate of drug-likeness (QED) is 0.694. The van der Waals surface area contributed by atoms with Crippen LogP contribution in [0.5, 0.6) is 5.75 Å². The number of Topliss-reactive ketones (excluding diaryl/α,β-unsaturated/α-hetero) is 1. The van der Waals surface area contributed by atoms with E-state index < -0.39 is 5.91 Å². The van der Waals surface area contributed by atoms with Gasteiger partial charge in [0.15, 0.2) is 5.78 Å². The van der Waals surface area contributed by atoms with Crippen LogP contribution < -0.4 is 10.5 Å². The Bertz CT molecular complexity index is 460. The van der Waals surface area contributed by atoms with Crippen LogP contribution in [-0.2, 0) is 4.79 Å². The lowest BCUT2D eigenvalue weighted by Gasteiger charge is -2.20. The smallest absolute Gasteiger partial charge is 0.231 e. The van der Waals surface area contributed by atoms with Gasteiger partial charge in [-0.15, -0.1) is 0 Å². The number of carbonyl (C=O) groups excluding carboxylic acids is 2. The summed E-state index contributed by atoms with van der Waals surface area (Å²) in [7, 11) is 1.53. The largest absolute Gasteiger partial charge is 0.496 e. The predicted molar refractivity (Wildman–Crippen MR) is 77.9 cm³/mol. The summed E-state index contributed by atoms with van der Waals surface area (Å²) in [4.78, 5) is 25.1. The molecule has 5 nitrogen and oxygen atoms in total. The number of methoxy groups -OCH3 is 1. The molecule has 0 fully saturated rings. The molecule has 0 aromatic heterocycles. The molecule has 0 spiro atoms. The lowest BCUT2D eigenvalue weighted by Crippen LogP contribution is -2.38. The number of hydrogen-bond acceptors (Lipinski definition) is 4. The van der Waals surface area contributed by atoms with Gasteiger partial charge in [0, 0.05) is 0 Å². The van der Waals surface area contributed by atoms with E-state index in [1.807, 2.05) is 6.07 Å². The molecule has 20 heavy (non-hydrogen) atoms. The van der Waals surface area contributed by atoms with Crippen molar-refractivity contribution < 1.29 is 14.3 Å². The van der Waals surface area contributed by atoms with Gasteiger partial charge in [-0.05, 0) is 25.1 Å². The summed E-state index contributed by atoms with van der Waals surface area (Å²) in [5.74, 6) is 0.0562. The van der Waals surface area contributed by atoms with E-state index in [1.165, 1.54) is 7.11 Å². The second-order valence-electron chi connectivity index (χ2n) is 4.65. The Morgan fingerprint density at radius 1 is 1.25 bits per heavy atom. The summed E-state index contributed by atoms with van der Waals surface area (Å²) < 4.78 is 5.18. The Hall–Kier alpha value is -1.88. The topological polar surface area (TPSA) is 72.6 Å². The van der Waals surface area contributed by atoms with E-state index in [2.05, 4.69) is 6.92 Å². The molecule has 110 valence electrons. The average Bonchev–Trinajstić information content (AvgIpc) is 2.44. The Labute approximate surface area is 119 Å². The molecule has 1 aromatic rings. The molecule has 0 radical (unpaired) electrons. The number of primary amides is 1. The molecule has 0 heterocycles. The van der Waals surface area contributed by atoms with Gasteiger partial charge >= 0.3 is 0 Å². The number of amides is 1. The molecule has 0 aliphatic carbocycles. The van der Waals surface area contributed by atoms with Gasteiger partial charge in [-0.1, -0.05) is 25.5 Å². The van der Waals surface area contributed by atoms with Gasteiger partial charge in [-0.2, -0.15) is 0 Å². The normalized spacial score (nSPS) is 10.6. The van der Waals surface area contributed by atoms with Gasteiger partial charge in [0.25, 0.3) is 0 Å². The summed E-state index contributed by atoms with van der Waals surface area (Å²) >= 11 is 0. The van der Waals surface area contributed by atoms with E-state index in [0.717, 1.165) is 12.8 Å². The Balaban J connectivity index is 2.76. The van der Waals surface area contributed by atoms with Crippen LogP contribution in [0.15, 0.2) is 24.3 Å². The SMILES string of the molecule is CCCCN(CC(N)=O)CC(=O)c1ccccc1OC. The molecule has 0 atom stereocenters. The number of ether oxygens (including phenoxy) is 1. The molecule has 0 bridgehead atoms. The van der Waals surface area contributed by atoms with E-state index in [1.54, 1.807) is 23.1 Å². The zero-order valence-corrected chi connectivity index (χ0v) is 12.1. The number of ketones is 1. The number of carbonyl (C=O) groups is 2. The van der Waals surface area contributed by atoms with Crippen molar-refractivity contribution in [1.82, 2.24) is 4.90 Å². The minimum absolute atomic E-state index is 0.0696. The Kier molecular flexibility index (Phi) is 6.73. The van der Waals surface area contributed by atoms with E-state index in [-0.39, 0.29) is 18.9 Å². The second-order valence-corrected chi connectivity index (χ2v) is 4.65. The number of hydrogen-bond donors (Lipinski definition) is 1. The van der Waals surface area contributed by atoms with Crippen LogP contribution in [0.25, 0.3) is 0 Å². The van der Waals surface area contributed by atoms with E-state index >= 15 is 0 Å². The highest BCUT2D eigenvalue weighted by Crippen LogP contribution is 2.18. The fourth-order valence-electron chi connectivity index (χ4n) is 1.98. The maximum atomic E-state index is 12.3. The molecule has 1 rings (SSSR count). The van der Waals surface area contributed by atoms with Crippen molar-refractivity contribution in [2.45, 2.75) is 19.8 Å². The molecule has 0 unspecified atom stereocenters. The van der Waals surface area contributed by atoms with Gasteiger partial charge in [0.05, 0.1) is 25.8 Å². The molecule has 2 N–H and O–H groups in total. The number of rotatable bonds is 9. The van der Waals surface area contributed by atoms with Gasteiger partial charge in [0.1, 0.15) is 5.75 Å². The standard InChI is InChI=1S/C15H22N2O3/c1-3-4-9-17(11-15(16)19)10-13(18)12-7-5-6-8-14(12)20-2/h5-8H,3-4,9-11H2,1-2H3,(H2,16,19). The highest BCUT2D eigenvalue weighted by Gasteiger charge is 2.16. The minimum Gasteiger partial charge on any atom is -0.496 e. The summed E-state index contributed by atoms with van der Waals surface area (Å²) in [5, 5.41) is 0.